The molecule has 1 heteroatoms. The summed E-state index contributed by atoms with van der Waals surface area (Å²) in [5, 5.41) is 0.848. The Labute approximate surface area is 97.5 Å². The monoisotopic (exact) mass is 220 g/mol. The third-order valence-electron chi connectivity index (χ3n) is 3.31. The van der Waals surface area contributed by atoms with Crippen LogP contribution in [0.5, 0.6) is 0 Å². The third kappa shape index (κ3) is 3.01. The second kappa shape index (κ2) is 5.07. The summed E-state index contributed by atoms with van der Waals surface area (Å²) < 4.78 is 0. The SMILES string of the molecule is Cc1cccc(SC2CCCCC2C)c1. The van der Waals surface area contributed by atoms with Crippen molar-refractivity contribution < 1.29 is 0 Å². The second-order valence-electron chi connectivity index (χ2n) is 4.73. The average molecular weight is 220 g/mol. The van der Waals surface area contributed by atoms with Crippen molar-refractivity contribution in [1.29, 1.82) is 0 Å². The Morgan fingerprint density at radius 1 is 1.20 bits per heavy atom. The Hall–Kier alpha value is -0.430. The summed E-state index contributed by atoms with van der Waals surface area (Å²) >= 11 is 2.09. The lowest BCUT2D eigenvalue weighted by molar-refractivity contribution is 0.397. The molecule has 0 aromatic heterocycles. The highest BCUT2D eigenvalue weighted by Gasteiger charge is 2.21. The Morgan fingerprint density at radius 3 is 2.73 bits per heavy atom. The minimum atomic E-state index is 0.848. The molecule has 1 fully saturated rings. The maximum Gasteiger partial charge on any atom is 0.0120 e. The van der Waals surface area contributed by atoms with E-state index in [2.05, 4.69) is 49.9 Å². The topological polar surface area (TPSA) is 0 Å². The van der Waals surface area contributed by atoms with Gasteiger partial charge in [-0.25, -0.2) is 0 Å². The fourth-order valence-electron chi connectivity index (χ4n) is 2.32. The maximum atomic E-state index is 2.41. The van der Waals surface area contributed by atoms with Gasteiger partial charge >= 0.3 is 0 Å². The molecule has 15 heavy (non-hydrogen) atoms. The first-order valence-electron chi connectivity index (χ1n) is 5.99. The lowest BCUT2D eigenvalue weighted by Crippen LogP contribution is -2.18. The van der Waals surface area contributed by atoms with Gasteiger partial charge in [0, 0.05) is 10.1 Å². The quantitative estimate of drug-likeness (QED) is 0.698. The van der Waals surface area contributed by atoms with E-state index in [9.17, 15) is 0 Å². The molecule has 0 saturated heterocycles. The van der Waals surface area contributed by atoms with E-state index in [1.807, 2.05) is 0 Å². The zero-order valence-electron chi connectivity index (χ0n) is 9.70. The zero-order valence-corrected chi connectivity index (χ0v) is 10.5. The molecule has 2 atom stereocenters. The van der Waals surface area contributed by atoms with Gasteiger partial charge < -0.3 is 0 Å². The molecule has 0 heterocycles. The number of hydrogen-bond donors (Lipinski definition) is 0. The van der Waals surface area contributed by atoms with Crippen molar-refractivity contribution >= 4 is 11.8 Å². The van der Waals surface area contributed by atoms with Crippen LogP contribution < -0.4 is 0 Å². The van der Waals surface area contributed by atoms with Crippen molar-refractivity contribution in [2.24, 2.45) is 5.92 Å². The van der Waals surface area contributed by atoms with Crippen molar-refractivity contribution in [3.05, 3.63) is 29.8 Å². The highest BCUT2D eigenvalue weighted by molar-refractivity contribution is 8.00. The normalized spacial score (nSPS) is 26.5. The fraction of sp³-hybridized carbons (Fsp3) is 0.571. The van der Waals surface area contributed by atoms with Gasteiger partial charge in [0.25, 0.3) is 0 Å². The lowest BCUT2D eigenvalue weighted by atomic mass is 9.90. The molecule has 2 rings (SSSR count). The first-order valence-corrected chi connectivity index (χ1v) is 6.87. The molecule has 2 unspecified atom stereocenters. The Morgan fingerprint density at radius 2 is 2.00 bits per heavy atom. The van der Waals surface area contributed by atoms with Crippen LogP contribution in [0, 0.1) is 12.8 Å². The van der Waals surface area contributed by atoms with Gasteiger partial charge in [-0.3, -0.25) is 0 Å². The number of rotatable bonds is 2. The van der Waals surface area contributed by atoms with Crippen molar-refractivity contribution in [3.8, 4) is 0 Å². The Bertz CT molecular complexity index is 319. The van der Waals surface area contributed by atoms with Crippen LogP contribution in [0.4, 0.5) is 0 Å². The summed E-state index contributed by atoms with van der Waals surface area (Å²) in [5.74, 6) is 0.893. The number of thioether (sulfide) groups is 1. The van der Waals surface area contributed by atoms with E-state index in [4.69, 9.17) is 0 Å². The van der Waals surface area contributed by atoms with Crippen LogP contribution >= 0.6 is 11.8 Å². The molecule has 82 valence electrons. The summed E-state index contributed by atoms with van der Waals surface area (Å²) in [6.45, 7) is 4.58. The van der Waals surface area contributed by atoms with E-state index < -0.39 is 0 Å². The van der Waals surface area contributed by atoms with Gasteiger partial charge in [-0.05, 0) is 37.8 Å². The van der Waals surface area contributed by atoms with Crippen LogP contribution in [-0.2, 0) is 0 Å². The smallest absolute Gasteiger partial charge is 0.0120 e. The van der Waals surface area contributed by atoms with Crippen molar-refractivity contribution in [1.82, 2.24) is 0 Å². The molecule has 0 aliphatic heterocycles. The number of hydrogen-bond acceptors (Lipinski definition) is 1. The largest absolute Gasteiger partial charge is 0.122 e. The van der Waals surface area contributed by atoms with E-state index in [1.165, 1.54) is 36.1 Å². The average Bonchev–Trinajstić information content (AvgIpc) is 2.22. The predicted octanol–water partition coefficient (Wildman–Crippen LogP) is 4.67. The molecule has 1 aliphatic carbocycles. The fourth-order valence-corrected chi connectivity index (χ4v) is 3.73. The van der Waals surface area contributed by atoms with Gasteiger partial charge in [0.15, 0.2) is 0 Å². The Kier molecular flexibility index (Phi) is 3.74. The molecule has 0 amide bonds. The first-order chi connectivity index (χ1) is 7.25. The molecule has 0 bridgehead atoms. The maximum absolute atomic E-state index is 2.41. The summed E-state index contributed by atoms with van der Waals surface area (Å²) in [4.78, 5) is 1.45. The lowest BCUT2D eigenvalue weighted by Gasteiger charge is -2.28. The molecule has 0 radical (unpaired) electrons. The molecule has 1 saturated carbocycles. The van der Waals surface area contributed by atoms with E-state index in [0.717, 1.165) is 11.2 Å². The van der Waals surface area contributed by atoms with Crippen LogP contribution in [0.25, 0.3) is 0 Å². The molecular weight excluding hydrogens is 200 g/mol. The van der Waals surface area contributed by atoms with Crippen LogP contribution in [-0.4, -0.2) is 5.25 Å². The molecule has 0 nitrogen and oxygen atoms in total. The van der Waals surface area contributed by atoms with Gasteiger partial charge in [-0.2, -0.15) is 0 Å². The van der Waals surface area contributed by atoms with Crippen molar-refractivity contribution in [2.45, 2.75) is 49.7 Å². The standard InChI is InChI=1S/C14H20S/c1-11-6-5-8-13(10-11)15-14-9-4-3-7-12(14)2/h5-6,8,10,12,14H,3-4,7,9H2,1-2H3. The van der Waals surface area contributed by atoms with Crippen LogP contribution in [0.3, 0.4) is 0 Å². The van der Waals surface area contributed by atoms with Gasteiger partial charge in [-0.15, -0.1) is 11.8 Å². The predicted molar refractivity (Wildman–Crippen MR) is 68.5 cm³/mol. The summed E-state index contributed by atoms with van der Waals surface area (Å²) in [6.07, 6.45) is 5.68. The van der Waals surface area contributed by atoms with E-state index in [0.29, 0.717) is 0 Å². The highest BCUT2D eigenvalue weighted by atomic mass is 32.2. The third-order valence-corrected chi connectivity index (χ3v) is 4.84. The van der Waals surface area contributed by atoms with Gasteiger partial charge in [0.05, 0.1) is 0 Å². The van der Waals surface area contributed by atoms with Gasteiger partial charge in [0.1, 0.15) is 0 Å². The molecule has 0 N–H and O–H groups in total. The first kappa shape index (κ1) is 11.1. The minimum absolute atomic E-state index is 0.848. The summed E-state index contributed by atoms with van der Waals surface area (Å²) in [7, 11) is 0. The molecule has 1 aromatic carbocycles. The minimum Gasteiger partial charge on any atom is -0.122 e. The zero-order chi connectivity index (χ0) is 10.7. The van der Waals surface area contributed by atoms with Crippen LogP contribution in [0.1, 0.15) is 38.2 Å². The summed E-state index contributed by atoms with van der Waals surface area (Å²) in [6, 6.07) is 8.91. The van der Waals surface area contributed by atoms with Crippen LogP contribution in [0.15, 0.2) is 29.2 Å². The molecule has 0 spiro atoms. The number of aryl methyl sites for hydroxylation is 1. The number of benzene rings is 1. The molecular formula is C14H20S. The highest BCUT2D eigenvalue weighted by Crippen LogP contribution is 2.37. The van der Waals surface area contributed by atoms with E-state index >= 15 is 0 Å². The van der Waals surface area contributed by atoms with Gasteiger partial charge in [-0.1, -0.05) is 37.5 Å². The Balaban J connectivity index is 2.01. The summed E-state index contributed by atoms with van der Waals surface area (Å²) in [5.41, 5.74) is 1.38. The van der Waals surface area contributed by atoms with Crippen molar-refractivity contribution in [2.75, 3.05) is 0 Å². The van der Waals surface area contributed by atoms with Crippen LogP contribution in [0.2, 0.25) is 0 Å². The molecule has 1 aliphatic rings. The second-order valence-corrected chi connectivity index (χ2v) is 6.05. The van der Waals surface area contributed by atoms with E-state index in [1.54, 1.807) is 0 Å². The van der Waals surface area contributed by atoms with Crippen molar-refractivity contribution in [3.63, 3.8) is 0 Å². The molecule has 1 aromatic rings. The van der Waals surface area contributed by atoms with Gasteiger partial charge in [0.2, 0.25) is 0 Å². The van der Waals surface area contributed by atoms with E-state index in [-0.39, 0.29) is 0 Å².